The van der Waals surface area contributed by atoms with Gasteiger partial charge in [0.05, 0.1) is 7.82 Å². The van der Waals surface area contributed by atoms with Crippen molar-refractivity contribution in [1.29, 1.82) is 0 Å². The molecule has 0 spiro atoms. The summed E-state index contributed by atoms with van der Waals surface area (Å²) in [6, 6.07) is 0. The first kappa shape index (κ1) is 42.4. The zero-order valence-electron chi connectivity index (χ0n) is 23.1. The summed E-state index contributed by atoms with van der Waals surface area (Å²) < 4.78 is 24.6. The number of carbonyl (C=O) groups excluding carboxylic acids is 2. The van der Waals surface area contributed by atoms with Crippen LogP contribution in [-0.2, 0) is 28.2 Å². The van der Waals surface area contributed by atoms with Crippen molar-refractivity contribution in [2.24, 2.45) is 0 Å². The molecule has 0 bridgehead atoms. The van der Waals surface area contributed by atoms with Crippen LogP contribution >= 0.6 is 7.82 Å². The van der Waals surface area contributed by atoms with Crippen molar-refractivity contribution in [3.8, 4) is 83.4 Å². The molecular weight excluding hydrogens is 553 g/mol. The van der Waals surface area contributed by atoms with Gasteiger partial charge >= 0.3 is 71.1 Å². The zero-order valence-corrected chi connectivity index (χ0v) is 28.0. The van der Waals surface area contributed by atoms with E-state index < -0.39 is 32.7 Å². The minimum Gasteiger partial charge on any atom is -0.790 e. The Labute approximate surface area is 282 Å². The molecule has 0 radical (unpaired) electrons. The monoisotopic (exact) mass is 580 g/mol. The fourth-order valence-corrected chi connectivity index (χ4v) is 2.99. The van der Waals surface area contributed by atoms with Crippen molar-refractivity contribution in [1.82, 2.24) is 0 Å². The quantitative estimate of drug-likeness (QED) is 0.0364. The van der Waals surface area contributed by atoms with E-state index in [4.69, 9.17) is 11.2 Å². The molecule has 1 atom stereocenters. The van der Waals surface area contributed by atoms with E-state index in [1.807, 2.05) is 5.92 Å². The molecule has 0 saturated heterocycles. The third kappa shape index (κ3) is 32.2. The Morgan fingerprint density at radius 3 is 1.68 bits per heavy atom. The number of unbranched alkanes of at least 4 members (excludes halogenated alkanes) is 8. The van der Waals surface area contributed by atoms with Crippen LogP contribution in [-0.4, -0.2) is 24.8 Å². The van der Waals surface area contributed by atoms with E-state index in [1.165, 1.54) is 25.7 Å². The number of carbonyl (C=O) groups is 2. The Hall–Kier alpha value is -2.03. The summed E-state index contributed by atoms with van der Waals surface area (Å²) >= 11 is 0. The maximum Gasteiger partial charge on any atom is 1.00 e. The Kier molecular flexibility index (Phi) is 31.8. The van der Waals surface area contributed by atoms with E-state index >= 15 is 0 Å². The number of terminal acetylenes is 1. The van der Waals surface area contributed by atoms with Gasteiger partial charge in [-0.15, -0.1) is 6.42 Å². The average Bonchev–Trinajstić information content (AvgIpc) is 2.86. The molecule has 0 unspecified atom stereocenters. The Bertz CT molecular complexity index is 1240. The molecule has 40 heavy (non-hydrogen) atoms. The molecule has 0 amide bonds. The van der Waals surface area contributed by atoms with E-state index in [0.717, 1.165) is 25.7 Å². The van der Waals surface area contributed by atoms with Crippen LogP contribution in [0.25, 0.3) is 0 Å². The van der Waals surface area contributed by atoms with Gasteiger partial charge in [-0.25, -0.2) is 4.79 Å². The van der Waals surface area contributed by atoms with Crippen LogP contribution in [0.2, 0.25) is 0 Å². The summed E-state index contributed by atoms with van der Waals surface area (Å²) in [5, 5.41) is 0. The van der Waals surface area contributed by atoms with Gasteiger partial charge in [-0.1, -0.05) is 58.3 Å². The van der Waals surface area contributed by atoms with E-state index in [-0.39, 0.29) is 65.5 Å². The van der Waals surface area contributed by atoms with E-state index in [2.05, 4.69) is 87.2 Å². The van der Waals surface area contributed by atoms with Gasteiger partial charge in [0, 0.05) is 12.3 Å². The van der Waals surface area contributed by atoms with E-state index in [9.17, 15) is 23.9 Å². The second-order valence-corrected chi connectivity index (χ2v) is 8.40. The van der Waals surface area contributed by atoms with Crippen molar-refractivity contribution >= 4 is 19.8 Å². The smallest absolute Gasteiger partial charge is 0.790 e. The summed E-state index contributed by atoms with van der Waals surface area (Å²) in [6.45, 7) is 1.31. The van der Waals surface area contributed by atoms with Crippen molar-refractivity contribution in [3.63, 3.8) is 0 Å². The minimum atomic E-state index is -5.52. The molecule has 0 aromatic carbocycles. The van der Waals surface area contributed by atoms with Crippen LogP contribution in [0.4, 0.5) is 0 Å². The second kappa shape index (κ2) is 29.9. The van der Waals surface area contributed by atoms with Crippen LogP contribution in [0.5, 0.6) is 0 Å². The fourth-order valence-electron chi connectivity index (χ4n) is 2.59. The predicted molar refractivity (Wildman–Crippen MR) is 137 cm³/mol. The Morgan fingerprint density at radius 2 is 1.20 bits per heavy atom. The molecule has 0 aliphatic carbocycles. The molecule has 0 fully saturated rings. The molecule has 198 valence electrons. The first-order valence-electron chi connectivity index (χ1n) is 11.8. The molecule has 0 rings (SSSR count). The summed E-state index contributed by atoms with van der Waals surface area (Å²) in [7, 11) is -5.52. The maximum absolute atomic E-state index is 12.0. The molecular formula is C29H27Na2O8P. The zero-order chi connectivity index (χ0) is 28.3. The largest absolute Gasteiger partial charge is 1.00 e. The molecule has 8 nitrogen and oxygen atoms in total. The van der Waals surface area contributed by atoms with Gasteiger partial charge in [0.15, 0.2) is 6.61 Å². The van der Waals surface area contributed by atoms with Crippen LogP contribution in [0.3, 0.4) is 0 Å². The first-order chi connectivity index (χ1) is 18.3. The van der Waals surface area contributed by atoms with Crippen molar-refractivity contribution in [3.05, 3.63) is 0 Å². The van der Waals surface area contributed by atoms with Crippen molar-refractivity contribution in [2.45, 2.75) is 77.4 Å². The summed E-state index contributed by atoms with van der Waals surface area (Å²) in [5.41, 5.74) is 0. The van der Waals surface area contributed by atoms with Crippen LogP contribution in [0, 0.1) is 83.4 Å². The predicted octanol–water partition coefficient (Wildman–Crippen LogP) is -4.17. The molecule has 0 heterocycles. The second-order valence-electron chi connectivity index (χ2n) is 7.29. The van der Waals surface area contributed by atoms with Gasteiger partial charge in [0.1, 0.15) is 0 Å². The molecule has 11 heteroatoms. The summed E-state index contributed by atoms with van der Waals surface area (Å²) in [5.74, 6) is 27.8. The van der Waals surface area contributed by atoms with E-state index in [1.54, 1.807) is 0 Å². The number of phosphoric ester groups is 1. The van der Waals surface area contributed by atoms with E-state index in [0.29, 0.717) is 6.42 Å². The normalized spacial score (nSPS) is 9.15. The van der Waals surface area contributed by atoms with Crippen LogP contribution in [0.1, 0.15) is 71.1 Å². The summed E-state index contributed by atoms with van der Waals surface area (Å²) in [4.78, 5) is 45.5. The van der Waals surface area contributed by atoms with Crippen LogP contribution < -0.4 is 68.9 Å². The van der Waals surface area contributed by atoms with Gasteiger partial charge in [-0.3, -0.25) is 4.79 Å². The standard InChI is InChI=1S/C29H29O8P.2Na/c1-3-5-7-9-11-13-14-15-17-18-20-22-24-27(30)35-26-29(37-38(32,33)34)36-28(31)25-23-21-19-16-12-10-8-6-4-2;;/h1,29H,4,6,8,10,12,16,19,21,23,25-26H2,2H3,(H2,32,33,34);;/q;2*+1/p-2/t29-;;/m1../s1. The number of rotatable bonds is 15. The third-order valence-electron chi connectivity index (χ3n) is 4.21. The Balaban J connectivity index is -0.00000684. The van der Waals surface area contributed by atoms with Crippen molar-refractivity contribution in [2.75, 3.05) is 6.61 Å². The molecule has 0 aliphatic heterocycles. The van der Waals surface area contributed by atoms with Crippen LogP contribution in [0.15, 0.2) is 0 Å². The number of phosphoric acid groups is 1. The van der Waals surface area contributed by atoms with Gasteiger partial charge in [0.25, 0.3) is 0 Å². The minimum absolute atomic E-state index is 0. The number of ether oxygens (including phenoxy) is 2. The van der Waals surface area contributed by atoms with Crippen molar-refractivity contribution < 1.29 is 97.1 Å². The molecule has 0 saturated carbocycles. The topological polar surface area (TPSA) is 125 Å². The number of hydrogen-bond acceptors (Lipinski definition) is 8. The molecule has 0 aromatic rings. The Morgan fingerprint density at radius 1 is 0.750 bits per heavy atom. The van der Waals surface area contributed by atoms with Gasteiger partial charge in [-0.2, -0.15) is 0 Å². The number of hydrogen-bond donors (Lipinski definition) is 0. The van der Waals surface area contributed by atoms with Gasteiger partial charge in [0.2, 0.25) is 6.29 Å². The summed E-state index contributed by atoms with van der Waals surface area (Å²) in [6.07, 6.45) is 12.4. The SMILES string of the molecule is C#CC#CC#CC#CC#CC#CC#CC(=O)OC[C@H](OC(=O)CCCCCCCCCCC)OP(=O)([O-])[O-].[Na+].[Na+]. The third-order valence-corrected chi connectivity index (χ3v) is 4.70. The molecule has 0 aromatic heterocycles. The molecule has 0 aliphatic rings. The first-order valence-corrected chi connectivity index (χ1v) is 13.3. The molecule has 0 N–H and O–H groups in total. The fraction of sp³-hybridized carbons (Fsp3) is 0.448. The van der Waals surface area contributed by atoms with Gasteiger partial charge in [-0.05, 0) is 77.5 Å². The maximum atomic E-state index is 12.0. The van der Waals surface area contributed by atoms with Gasteiger partial charge < -0.3 is 28.3 Å². The average molecular weight is 580 g/mol. The number of esters is 2.